The number of anilines is 1. The molecular formula is C16H27N3S. The smallest absolute Gasteiger partial charge is 0.135 e. The Morgan fingerprint density at radius 3 is 2.65 bits per heavy atom. The standard InChI is InChI=1S/C16H27N3S/c1-5-9-17-14-12(4)16(20-10-8-11(2)3)19-15(18-14)13-6-7-13/h11,13H,5-10H2,1-4H3,(H,17,18,19). The fourth-order valence-electron chi connectivity index (χ4n) is 1.98. The minimum atomic E-state index is 0.613. The molecule has 112 valence electrons. The van der Waals surface area contributed by atoms with Gasteiger partial charge in [0, 0.05) is 18.0 Å². The molecule has 0 spiro atoms. The Bertz CT molecular complexity index is 442. The molecule has 0 amide bonds. The number of rotatable bonds is 8. The first-order valence-corrected chi connectivity index (χ1v) is 8.85. The van der Waals surface area contributed by atoms with Crippen molar-refractivity contribution in [3.8, 4) is 0 Å². The van der Waals surface area contributed by atoms with Gasteiger partial charge in [0.15, 0.2) is 0 Å². The van der Waals surface area contributed by atoms with Crippen LogP contribution in [0.2, 0.25) is 0 Å². The zero-order valence-electron chi connectivity index (χ0n) is 13.2. The van der Waals surface area contributed by atoms with Gasteiger partial charge in [0.05, 0.1) is 0 Å². The highest BCUT2D eigenvalue weighted by Crippen LogP contribution is 2.40. The van der Waals surface area contributed by atoms with Crippen molar-refractivity contribution in [3.63, 3.8) is 0 Å². The molecule has 0 saturated heterocycles. The second-order valence-corrected chi connectivity index (χ2v) is 7.18. The summed E-state index contributed by atoms with van der Waals surface area (Å²) in [6, 6.07) is 0. The Kier molecular flexibility index (Phi) is 5.70. The lowest BCUT2D eigenvalue weighted by Gasteiger charge is -2.13. The molecule has 1 saturated carbocycles. The van der Waals surface area contributed by atoms with Crippen molar-refractivity contribution in [1.82, 2.24) is 9.97 Å². The Balaban J connectivity index is 2.12. The molecule has 1 fully saturated rings. The largest absolute Gasteiger partial charge is 0.370 e. The molecule has 1 heterocycles. The van der Waals surface area contributed by atoms with E-state index in [4.69, 9.17) is 9.97 Å². The number of aromatic nitrogens is 2. The van der Waals surface area contributed by atoms with E-state index in [2.05, 4.69) is 33.0 Å². The Morgan fingerprint density at radius 1 is 1.30 bits per heavy atom. The number of thioether (sulfide) groups is 1. The molecule has 20 heavy (non-hydrogen) atoms. The summed E-state index contributed by atoms with van der Waals surface area (Å²) < 4.78 is 0. The topological polar surface area (TPSA) is 37.8 Å². The van der Waals surface area contributed by atoms with Crippen molar-refractivity contribution in [2.75, 3.05) is 17.6 Å². The molecule has 2 rings (SSSR count). The van der Waals surface area contributed by atoms with Crippen molar-refractivity contribution in [2.24, 2.45) is 5.92 Å². The summed E-state index contributed by atoms with van der Waals surface area (Å²) in [5, 5.41) is 4.64. The van der Waals surface area contributed by atoms with Crippen molar-refractivity contribution in [3.05, 3.63) is 11.4 Å². The fourth-order valence-corrected chi connectivity index (χ4v) is 3.24. The van der Waals surface area contributed by atoms with Gasteiger partial charge in [0.2, 0.25) is 0 Å². The number of hydrogen-bond acceptors (Lipinski definition) is 4. The van der Waals surface area contributed by atoms with E-state index in [1.54, 1.807) is 0 Å². The van der Waals surface area contributed by atoms with Crippen LogP contribution < -0.4 is 5.32 Å². The quantitative estimate of drug-likeness (QED) is 0.560. The average molecular weight is 293 g/mol. The summed E-state index contributed by atoms with van der Waals surface area (Å²) in [4.78, 5) is 9.55. The monoisotopic (exact) mass is 293 g/mol. The van der Waals surface area contributed by atoms with Gasteiger partial charge in [0.25, 0.3) is 0 Å². The molecular weight excluding hydrogens is 266 g/mol. The van der Waals surface area contributed by atoms with Crippen molar-refractivity contribution >= 4 is 17.6 Å². The van der Waals surface area contributed by atoms with Gasteiger partial charge in [-0.2, -0.15) is 0 Å². The minimum Gasteiger partial charge on any atom is -0.370 e. The third-order valence-electron chi connectivity index (χ3n) is 3.54. The molecule has 1 aliphatic carbocycles. The predicted molar refractivity (Wildman–Crippen MR) is 87.7 cm³/mol. The Labute approximate surface area is 127 Å². The SMILES string of the molecule is CCCNc1nc(C2CC2)nc(SCCC(C)C)c1C. The van der Waals surface area contributed by atoms with Gasteiger partial charge in [-0.1, -0.05) is 20.8 Å². The highest BCUT2D eigenvalue weighted by atomic mass is 32.2. The Hall–Kier alpha value is -0.770. The molecule has 1 N–H and O–H groups in total. The van der Waals surface area contributed by atoms with Crippen molar-refractivity contribution in [2.45, 2.75) is 64.3 Å². The molecule has 3 nitrogen and oxygen atoms in total. The lowest BCUT2D eigenvalue weighted by Crippen LogP contribution is -2.08. The van der Waals surface area contributed by atoms with Gasteiger partial charge in [0.1, 0.15) is 16.7 Å². The average Bonchev–Trinajstić information content (AvgIpc) is 3.23. The Morgan fingerprint density at radius 2 is 2.05 bits per heavy atom. The maximum absolute atomic E-state index is 4.81. The molecule has 0 aromatic carbocycles. The number of hydrogen-bond donors (Lipinski definition) is 1. The van der Waals surface area contributed by atoms with Crippen LogP contribution in [-0.4, -0.2) is 22.3 Å². The van der Waals surface area contributed by atoms with E-state index in [1.807, 2.05) is 11.8 Å². The number of nitrogens with zero attached hydrogens (tertiary/aromatic N) is 2. The summed E-state index contributed by atoms with van der Waals surface area (Å²) in [7, 11) is 0. The summed E-state index contributed by atoms with van der Waals surface area (Å²) >= 11 is 1.89. The minimum absolute atomic E-state index is 0.613. The summed E-state index contributed by atoms with van der Waals surface area (Å²) in [6.45, 7) is 9.86. The molecule has 1 aromatic rings. The maximum atomic E-state index is 4.81. The molecule has 1 aromatic heterocycles. The number of nitrogens with one attached hydrogen (secondary N) is 1. The third kappa shape index (κ3) is 4.37. The van der Waals surface area contributed by atoms with Crippen LogP contribution in [0, 0.1) is 12.8 Å². The molecule has 0 aliphatic heterocycles. The van der Waals surface area contributed by atoms with E-state index in [9.17, 15) is 0 Å². The first kappa shape index (κ1) is 15.6. The summed E-state index contributed by atoms with van der Waals surface area (Å²) in [6.07, 6.45) is 4.88. The van der Waals surface area contributed by atoms with Gasteiger partial charge < -0.3 is 5.32 Å². The van der Waals surface area contributed by atoms with Gasteiger partial charge in [-0.25, -0.2) is 9.97 Å². The second kappa shape index (κ2) is 7.30. The maximum Gasteiger partial charge on any atom is 0.135 e. The lowest BCUT2D eigenvalue weighted by molar-refractivity contribution is 0.631. The van der Waals surface area contributed by atoms with E-state index in [0.717, 1.165) is 36.3 Å². The van der Waals surface area contributed by atoms with E-state index < -0.39 is 0 Å². The highest BCUT2D eigenvalue weighted by Gasteiger charge is 2.28. The molecule has 0 bridgehead atoms. The zero-order valence-corrected chi connectivity index (χ0v) is 14.0. The first-order valence-electron chi connectivity index (χ1n) is 7.87. The van der Waals surface area contributed by atoms with Crippen LogP contribution in [0.1, 0.15) is 63.8 Å². The van der Waals surface area contributed by atoms with E-state index in [1.165, 1.54) is 29.9 Å². The van der Waals surface area contributed by atoms with Crippen LogP contribution in [-0.2, 0) is 0 Å². The van der Waals surface area contributed by atoms with Crippen LogP contribution >= 0.6 is 11.8 Å². The van der Waals surface area contributed by atoms with Crippen LogP contribution in [0.4, 0.5) is 5.82 Å². The molecule has 4 heteroatoms. The normalized spacial score (nSPS) is 14.8. The first-order chi connectivity index (χ1) is 9.61. The van der Waals surface area contributed by atoms with E-state index in [-0.39, 0.29) is 0 Å². The van der Waals surface area contributed by atoms with Gasteiger partial charge in [-0.15, -0.1) is 11.8 Å². The van der Waals surface area contributed by atoms with Crippen LogP contribution in [0.25, 0.3) is 0 Å². The van der Waals surface area contributed by atoms with Gasteiger partial charge >= 0.3 is 0 Å². The van der Waals surface area contributed by atoms with E-state index >= 15 is 0 Å². The predicted octanol–water partition coefficient (Wildman–Crippen LogP) is 4.62. The van der Waals surface area contributed by atoms with E-state index in [0.29, 0.717) is 5.92 Å². The van der Waals surface area contributed by atoms with Crippen molar-refractivity contribution < 1.29 is 0 Å². The van der Waals surface area contributed by atoms with Crippen LogP contribution in [0.5, 0.6) is 0 Å². The second-order valence-electron chi connectivity index (χ2n) is 6.09. The molecule has 1 aliphatic rings. The van der Waals surface area contributed by atoms with Crippen LogP contribution in [0.3, 0.4) is 0 Å². The molecule has 0 radical (unpaired) electrons. The van der Waals surface area contributed by atoms with Crippen LogP contribution in [0.15, 0.2) is 5.03 Å². The summed E-state index contributed by atoms with van der Waals surface area (Å²) in [5.74, 6) is 4.62. The lowest BCUT2D eigenvalue weighted by atomic mass is 10.2. The zero-order chi connectivity index (χ0) is 14.5. The molecule has 0 atom stereocenters. The van der Waals surface area contributed by atoms with Crippen molar-refractivity contribution in [1.29, 1.82) is 0 Å². The van der Waals surface area contributed by atoms with Gasteiger partial charge in [-0.3, -0.25) is 0 Å². The third-order valence-corrected chi connectivity index (χ3v) is 4.65. The van der Waals surface area contributed by atoms with Gasteiger partial charge in [-0.05, 0) is 44.3 Å². The molecule has 0 unspecified atom stereocenters. The summed E-state index contributed by atoms with van der Waals surface area (Å²) in [5.41, 5.74) is 1.22. The highest BCUT2D eigenvalue weighted by molar-refractivity contribution is 7.99. The fraction of sp³-hybridized carbons (Fsp3) is 0.750.